The number of anilines is 1. The van der Waals surface area contributed by atoms with Crippen molar-refractivity contribution >= 4 is 17.2 Å². The van der Waals surface area contributed by atoms with E-state index in [0.717, 1.165) is 19.5 Å². The van der Waals surface area contributed by atoms with Gasteiger partial charge in [0.2, 0.25) is 5.91 Å². The first kappa shape index (κ1) is 12.9. The molecule has 0 radical (unpaired) electrons. The van der Waals surface area contributed by atoms with Crippen LogP contribution in [-0.4, -0.2) is 44.0 Å². The molecule has 2 aliphatic heterocycles. The molecule has 1 amide bonds. The highest BCUT2D eigenvalue weighted by Gasteiger charge is 2.41. The molecule has 0 saturated heterocycles. The molecule has 4 heteroatoms. The van der Waals surface area contributed by atoms with Crippen LogP contribution in [0.3, 0.4) is 0 Å². The molecule has 0 fully saturated rings. The van der Waals surface area contributed by atoms with Crippen LogP contribution in [0.4, 0.5) is 5.69 Å². The van der Waals surface area contributed by atoms with Gasteiger partial charge in [-0.3, -0.25) is 9.69 Å². The van der Waals surface area contributed by atoms with Gasteiger partial charge >= 0.3 is 0 Å². The van der Waals surface area contributed by atoms with E-state index in [1.807, 2.05) is 0 Å². The van der Waals surface area contributed by atoms with Crippen LogP contribution < -0.4 is 10.6 Å². The standard InChI is InChI=1S/C17H21N3O/c1-19-8-10-7-15-13(6-11(17(18)21)9-20(15)2)12-4-3-5-14(19)16(10)12/h3-6,10-11,15H,7-9H2,1-2H3,(H2,18,21)/t10?,11-,15+/m0/s1. The molecule has 0 aromatic heterocycles. The molecule has 1 aliphatic carbocycles. The molecule has 110 valence electrons. The largest absolute Gasteiger partial charge is 0.374 e. The lowest BCUT2D eigenvalue weighted by Crippen LogP contribution is -2.45. The summed E-state index contributed by atoms with van der Waals surface area (Å²) in [6, 6.07) is 6.96. The van der Waals surface area contributed by atoms with Crippen molar-refractivity contribution in [2.45, 2.75) is 18.4 Å². The third-order valence-electron chi connectivity index (χ3n) is 5.34. The molecule has 2 heterocycles. The fourth-order valence-corrected chi connectivity index (χ4v) is 4.35. The van der Waals surface area contributed by atoms with Crippen LogP contribution in [0.25, 0.3) is 5.57 Å². The maximum Gasteiger partial charge on any atom is 0.225 e. The van der Waals surface area contributed by atoms with Gasteiger partial charge in [0.25, 0.3) is 0 Å². The number of carbonyl (C=O) groups excluding carboxylic acids is 1. The van der Waals surface area contributed by atoms with Crippen LogP contribution in [0.15, 0.2) is 24.3 Å². The van der Waals surface area contributed by atoms with Crippen LogP contribution in [-0.2, 0) is 4.79 Å². The number of hydrogen-bond acceptors (Lipinski definition) is 3. The Bertz CT molecular complexity index is 651. The number of nitrogens with zero attached hydrogens (tertiary/aromatic N) is 2. The summed E-state index contributed by atoms with van der Waals surface area (Å²) in [6.07, 6.45) is 3.26. The number of amides is 1. The molecule has 3 aliphatic rings. The van der Waals surface area contributed by atoms with Gasteiger partial charge in [0.15, 0.2) is 0 Å². The number of benzene rings is 1. The summed E-state index contributed by atoms with van der Waals surface area (Å²) < 4.78 is 0. The van der Waals surface area contributed by atoms with Gasteiger partial charge in [0.1, 0.15) is 0 Å². The molecule has 4 rings (SSSR count). The lowest BCUT2D eigenvalue weighted by molar-refractivity contribution is -0.121. The zero-order chi connectivity index (χ0) is 14.7. The van der Waals surface area contributed by atoms with Crippen molar-refractivity contribution in [2.24, 2.45) is 11.7 Å². The molecule has 1 aromatic carbocycles. The van der Waals surface area contributed by atoms with E-state index in [-0.39, 0.29) is 11.8 Å². The number of carbonyl (C=O) groups is 1. The second kappa shape index (κ2) is 4.34. The first-order valence-corrected chi connectivity index (χ1v) is 7.62. The Hall–Kier alpha value is -1.81. The average molecular weight is 283 g/mol. The fourth-order valence-electron chi connectivity index (χ4n) is 4.35. The highest BCUT2D eigenvalue weighted by Crippen LogP contribution is 2.49. The minimum absolute atomic E-state index is 0.173. The summed E-state index contributed by atoms with van der Waals surface area (Å²) in [5.41, 5.74) is 11.0. The number of hydrogen-bond donors (Lipinski definition) is 1. The zero-order valence-electron chi connectivity index (χ0n) is 12.5. The highest BCUT2D eigenvalue weighted by molar-refractivity contribution is 5.87. The number of primary amides is 1. The third-order valence-corrected chi connectivity index (χ3v) is 5.34. The van der Waals surface area contributed by atoms with E-state index in [4.69, 9.17) is 5.73 Å². The van der Waals surface area contributed by atoms with Gasteiger partial charge in [-0.25, -0.2) is 0 Å². The van der Waals surface area contributed by atoms with Crippen molar-refractivity contribution in [3.8, 4) is 0 Å². The van der Waals surface area contributed by atoms with E-state index in [9.17, 15) is 4.79 Å². The Morgan fingerprint density at radius 2 is 2.10 bits per heavy atom. The molecular formula is C17H21N3O. The predicted octanol–water partition coefficient (Wildman–Crippen LogP) is 1.42. The lowest BCUT2D eigenvalue weighted by Gasteiger charge is -2.41. The fraction of sp³-hybridized carbons (Fsp3) is 0.471. The van der Waals surface area contributed by atoms with Crippen molar-refractivity contribution in [1.82, 2.24) is 4.90 Å². The van der Waals surface area contributed by atoms with E-state index in [1.165, 1.54) is 22.4 Å². The first-order valence-electron chi connectivity index (χ1n) is 7.62. The summed E-state index contributed by atoms with van der Waals surface area (Å²) in [7, 11) is 4.28. The molecule has 0 bridgehead atoms. The number of nitrogens with two attached hydrogens (primary N) is 1. The van der Waals surface area contributed by atoms with Gasteiger partial charge in [0.05, 0.1) is 5.92 Å². The second-order valence-electron chi connectivity index (χ2n) is 6.64. The Labute approximate surface area is 125 Å². The quantitative estimate of drug-likeness (QED) is 0.848. The highest BCUT2D eigenvalue weighted by atomic mass is 16.1. The Kier molecular flexibility index (Phi) is 2.67. The number of rotatable bonds is 1. The van der Waals surface area contributed by atoms with Gasteiger partial charge in [-0.15, -0.1) is 0 Å². The molecule has 0 spiro atoms. The Morgan fingerprint density at radius 3 is 2.86 bits per heavy atom. The molecule has 3 atom stereocenters. The van der Waals surface area contributed by atoms with Crippen molar-refractivity contribution in [3.05, 3.63) is 35.4 Å². The van der Waals surface area contributed by atoms with Gasteiger partial charge in [0, 0.05) is 37.8 Å². The summed E-state index contributed by atoms with van der Waals surface area (Å²) >= 11 is 0. The van der Waals surface area contributed by atoms with E-state index >= 15 is 0 Å². The van der Waals surface area contributed by atoms with E-state index in [1.54, 1.807) is 0 Å². The normalized spacial score (nSPS) is 30.7. The second-order valence-corrected chi connectivity index (χ2v) is 6.64. The van der Waals surface area contributed by atoms with E-state index in [2.05, 4.69) is 48.2 Å². The third kappa shape index (κ3) is 1.75. The van der Waals surface area contributed by atoms with Crippen LogP contribution in [0.1, 0.15) is 23.5 Å². The minimum atomic E-state index is -0.223. The van der Waals surface area contributed by atoms with Gasteiger partial charge < -0.3 is 10.6 Å². The SMILES string of the molecule is CN1CC2C[C@@H]3C(=C[C@H](C(N)=O)CN3C)c3cccc1c32. The van der Waals surface area contributed by atoms with Crippen LogP contribution in [0.5, 0.6) is 0 Å². The zero-order valence-corrected chi connectivity index (χ0v) is 12.5. The van der Waals surface area contributed by atoms with Crippen LogP contribution in [0, 0.1) is 5.92 Å². The van der Waals surface area contributed by atoms with E-state index < -0.39 is 0 Å². The monoisotopic (exact) mass is 283 g/mol. The molecule has 4 nitrogen and oxygen atoms in total. The van der Waals surface area contributed by atoms with Crippen molar-refractivity contribution in [1.29, 1.82) is 0 Å². The number of fused-ring (bicyclic) bond motifs is 2. The molecule has 1 unspecified atom stereocenters. The summed E-state index contributed by atoms with van der Waals surface area (Å²) in [5, 5.41) is 0. The molecular weight excluding hydrogens is 262 g/mol. The summed E-state index contributed by atoms with van der Waals surface area (Å²) in [4.78, 5) is 16.3. The molecule has 21 heavy (non-hydrogen) atoms. The van der Waals surface area contributed by atoms with Gasteiger partial charge in [-0.05, 0) is 36.2 Å². The topological polar surface area (TPSA) is 49.6 Å². The summed E-state index contributed by atoms with van der Waals surface area (Å²) in [6.45, 7) is 1.84. The van der Waals surface area contributed by atoms with E-state index in [0.29, 0.717) is 12.0 Å². The minimum Gasteiger partial charge on any atom is -0.374 e. The van der Waals surface area contributed by atoms with Crippen molar-refractivity contribution in [3.63, 3.8) is 0 Å². The van der Waals surface area contributed by atoms with Gasteiger partial charge in [-0.1, -0.05) is 18.2 Å². The maximum absolute atomic E-state index is 11.6. The first-order chi connectivity index (χ1) is 10.1. The number of likely N-dealkylation sites (N-methyl/N-ethyl adjacent to an activating group) is 2. The molecule has 2 N–H and O–H groups in total. The average Bonchev–Trinajstić information content (AvgIpc) is 2.78. The van der Waals surface area contributed by atoms with Crippen LogP contribution >= 0.6 is 0 Å². The summed E-state index contributed by atoms with van der Waals surface area (Å²) in [5.74, 6) is 0.211. The van der Waals surface area contributed by atoms with Crippen molar-refractivity contribution < 1.29 is 4.79 Å². The molecule has 1 aromatic rings. The maximum atomic E-state index is 11.6. The van der Waals surface area contributed by atoms with Crippen molar-refractivity contribution in [2.75, 3.05) is 32.1 Å². The molecule has 0 saturated carbocycles. The van der Waals surface area contributed by atoms with Crippen LogP contribution in [0.2, 0.25) is 0 Å². The predicted molar refractivity (Wildman–Crippen MR) is 84.1 cm³/mol. The smallest absolute Gasteiger partial charge is 0.225 e. The Balaban J connectivity index is 1.89. The lowest BCUT2D eigenvalue weighted by atomic mass is 9.74. The van der Waals surface area contributed by atoms with Gasteiger partial charge in [-0.2, -0.15) is 0 Å². The Morgan fingerprint density at radius 1 is 1.29 bits per heavy atom.